The molecule has 3 heterocycles. The number of rotatable bonds is 3. The van der Waals surface area contributed by atoms with E-state index < -0.39 is 5.56 Å². The highest BCUT2D eigenvalue weighted by atomic mass is 35.5. The molecule has 0 spiro atoms. The van der Waals surface area contributed by atoms with Crippen molar-refractivity contribution in [1.82, 2.24) is 25.2 Å². The summed E-state index contributed by atoms with van der Waals surface area (Å²) in [6, 6.07) is 5.94. The van der Waals surface area contributed by atoms with Crippen LogP contribution in [0.4, 0.5) is 5.69 Å². The number of H-pyrrole nitrogens is 1. The topological polar surface area (TPSA) is 79.7 Å². The van der Waals surface area contributed by atoms with Crippen LogP contribution in [0, 0.1) is 6.92 Å². The van der Waals surface area contributed by atoms with Gasteiger partial charge in [0.25, 0.3) is 5.56 Å². The molecule has 7 nitrogen and oxygen atoms in total. The van der Waals surface area contributed by atoms with Gasteiger partial charge in [-0.05, 0) is 37.1 Å². The Labute approximate surface area is 165 Å². The largest absolute Gasteiger partial charge is 0.362 e. The molecule has 1 aromatic carbocycles. The number of hydrogen-bond donors (Lipinski definition) is 1. The van der Waals surface area contributed by atoms with Crippen molar-refractivity contribution in [2.75, 3.05) is 11.4 Å². The van der Waals surface area contributed by atoms with E-state index in [-0.39, 0.29) is 11.1 Å². The van der Waals surface area contributed by atoms with Gasteiger partial charge in [0.15, 0.2) is 0 Å². The summed E-state index contributed by atoms with van der Waals surface area (Å²) in [6.07, 6.45) is 2.32. The van der Waals surface area contributed by atoms with Gasteiger partial charge in [-0.25, -0.2) is 9.78 Å². The number of aromatic nitrogens is 5. The fourth-order valence-electron chi connectivity index (χ4n) is 3.58. The third-order valence-corrected chi connectivity index (χ3v) is 5.60. The van der Waals surface area contributed by atoms with Gasteiger partial charge in [-0.2, -0.15) is 5.10 Å². The zero-order valence-corrected chi connectivity index (χ0v) is 16.4. The molecule has 0 saturated carbocycles. The summed E-state index contributed by atoms with van der Waals surface area (Å²) in [6.45, 7) is 5.39. The predicted molar refractivity (Wildman–Crippen MR) is 105 cm³/mol. The number of halogens is 2. The van der Waals surface area contributed by atoms with Crippen molar-refractivity contribution in [3.63, 3.8) is 0 Å². The summed E-state index contributed by atoms with van der Waals surface area (Å²) < 4.78 is 1.97. The molecule has 1 aliphatic heterocycles. The molecule has 1 aliphatic rings. The SMILES string of the molecule is Cc1cc(Cl)ccc1[C@H](C)n1nnc2c1CCN(c1cn[nH]c(=O)c1Cl)C2. The smallest absolute Gasteiger partial charge is 0.285 e. The number of nitrogens with zero attached hydrogens (tertiary/aromatic N) is 5. The molecule has 140 valence electrons. The lowest BCUT2D eigenvalue weighted by atomic mass is 10.0. The molecule has 0 radical (unpaired) electrons. The summed E-state index contributed by atoms with van der Waals surface area (Å²) in [5, 5.41) is 15.8. The summed E-state index contributed by atoms with van der Waals surface area (Å²) in [4.78, 5) is 13.7. The van der Waals surface area contributed by atoms with Gasteiger partial charge in [-0.3, -0.25) is 4.79 Å². The Morgan fingerprint density at radius 2 is 2.11 bits per heavy atom. The normalized spacial score (nSPS) is 14.9. The number of fused-ring (bicyclic) bond motifs is 1. The van der Waals surface area contributed by atoms with Gasteiger partial charge in [-0.15, -0.1) is 5.10 Å². The van der Waals surface area contributed by atoms with Crippen LogP contribution >= 0.6 is 23.2 Å². The molecule has 4 rings (SSSR count). The molecule has 1 N–H and O–H groups in total. The zero-order valence-electron chi connectivity index (χ0n) is 14.9. The average Bonchev–Trinajstić information content (AvgIpc) is 3.06. The highest BCUT2D eigenvalue weighted by Crippen LogP contribution is 2.30. The monoisotopic (exact) mass is 404 g/mol. The minimum atomic E-state index is -0.393. The first-order valence-electron chi connectivity index (χ1n) is 8.63. The second-order valence-electron chi connectivity index (χ2n) is 6.67. The Bertz CT molecular complexity index is 1060. The van der Waals surface area contributed by atoms with Crippen LogP contribution in [0.25, 0.3) is 0 Å². The molecule has 2 aromatic heterocycles. The number of aromatic amines is 1. The number of benzene rings is 1. The van der Waals surface area contributed by atoms with Crippen molar-refractivity contribution in [2.45, 2.75) is 32.9 Å². The number of anilines is 1. The maximum absolute atomic E-state index is 11.7. The van der Waals surface area contributed by atoms with Gasteiger partial charge in [-0.1, -0.05) is 34.5 Å². The van der Waals surface area contributed by atoms with Crippen molar-refractivity contribution >= 4 is 28.9 Å². The molecule has 0 unspecified atom stereocenters. The first-order valence-corrected chi connectivity index (χ1v) is 9.38. The Morgan fingerprint density at radius 1 is 1.30 bits per heavy atom. The van der Waals surface area contributed by atoms with Gasteiger partial charge in [0.1, 0.15) is 10.7 Å². The Morgan fingerprint density at radius 3 is 2.89 bits per heavy atom. The van der Waals surface area contributed by atoms with Crippen molar-refractivity contribution in [1.29, 1.82) is 0 Å². The maximum Gasteiger partial charge on any atom is 0.285 e. The van der Waals surface area contributed by atoms with Crippen LogP contribution in [0.15, 0.2) is 29.2 Å². The second kappa shape index (κ2) is 6.98. The zero-order chi connectivity index (χ0) is 19.1. The first kappa shape index (κ1) is 18.0. The third kappa shape index (κ3) is 3.21. The molecular formula is C18H18Cl2N6O. The molecule has 3 aromatic rings. The molecule has 0 saturated heterocycles. The number of nitrogens with one attached hydrogen (secondary N) is 1. The van der Waals surface area contributed by atoms with Crippen LogP contribution in [0.5, 0.6) is 0 Å². The first-order chi connectivity index (χ1) is 13.0. The molecule has 27 heavy (non-hydrogen) atoms. The van der Waals surface area contributed by atoms with E-state index in [0.717, 1.165) is 34.0 Å². The lowest BCUT2D eigenvalue weighted by Crippen LogP contribution is -2.33. The highest BCUT2D eigenvalue weighted by Gasteiger charge is 2.26. The average molecular weight is 405 g/mol. The van der Waals surface area contributed by atoms with Gasteiger partial charge in [0.2, 0.25) is 0 Å². The van der Waals surface area contributed by atoms with E-state index in [4.69, 9.17) is 23.2 Å². The molecular weight excluding hydrogens is 387 g/mol. The summed E-state index contributed by atoms with van der Waals surface area (Å²) in [7, 11) is 0. The third-order valence-electron chi connectivity index (χ3n) is 5.00. The fourth-order valence-corrected chi connectivity index (χ4v) is 4.02. The Balaban J connectivity index is 1.64. The van der Waals surface area contributed by atoms with E-state index in [1.165, 1.54) is 0 Å². The van der Waals surface area contributed by atoms with Gasteiger partial charge in [0, 0.05) is 18.0 Å². The van der Waals surface area contributed by atoms with Gasteiger partial charge >= 0.3 is 0 Å². The minimum Gasteiger partial charge on any atom is -0.362 e. The van der Waals surface area contributed by atoms with Crippen molar-refractivity contribution in [3.05, 3.63) is 67.3 Å². The molecule has 0 fully saturated rings. The lowest BCUT2D eigenvalue weighted by molar-refractivity contribution is 0.515. The van der Waals surface area contributed by atoms with E-state index >= 15 is 0 Å². The number of hydrogen-bond acceptors (Lipinski definition) is 5. The molecule has 0 aliphatic carbocycles. The van der Waals surface area contributed by atoms with E-state index in [1.807, 2.05) is 34.7 Å². The van der Waals surface area contributed by atoms with Gasteiger partial charge < -0.3 is 4.90 Å². The van der Waals surface area contributed by atoms with Crippen LogP contribution in [0.1, 0.15) is 35.5 Å². The van der Waals surface area contributed by atoms with Gasteiger partial charge in [0.05, 0.1) is 30.2 Å². The molecule has 9 heteroatoms. The second-order valence-corrected chi connectivity index (χ2v) is 7.49. The highest BCUT2D eigenvalue weighted by molar-refractivity contribution is 6.33. The van der Waals surface area contributed by atoms with E-state index in [0.29, 0.717) is 18.8 Å². The number of aryl methyl sites for hydroxylation is 1. The summed E-state index contributed by atoms with van der Waals surface area (Å²) >= 11 is 12.2. The Kier molecular flexibility index (Phi) is 4.65. The minimum absolute atomic E-state index is 0.0508. The van der Waals surface area contributed by atoms with Crippen LogP contribution in [0.2, 0.25) is 10.0 Å². The van der Waals surface area contributed by atoms with Crippen LogP contribution in [-0.4, -0.2) is 31.7 Å². The van der Waals surface area contributed by atoms with Crippen LogP contribution in [0.3, 0.4) is 0 Å². The lowest BCUT2D eigenvalue weighted by Gasteiger charge is -2.29. The fraction of sp³-hybridized carbons (Fsp3) is 0.333. The van der Waals surface area contributed by atoms with E-state index in [9.17, 15) is 4.79 Å². The van der Waals surface area contributed by atoms with Crippen molar-refractivity contribution in [2.24, 2.45) is 0 Å². The van der Waals surface area contributed by atoms with E-state index in [2.05, 4.69) is 27.4 Å². The Hall–Kier alpha value is -2.38. The van der Waals surface area contributed by atoms with Crippen LogP contribution in [-0.2, 0) is 13.0 Å². The van der Waals surface area contributed by atoms with Crippen molar-refractivity contribution in [3.8, 4) is 0 Å². The van der Waals surface area contributed by atoms with Crippen LogP contribution < -0.4 is 10.5 Å². The maximum atomic E-state index is 11.7. The quantitative estimate of drug-likeness (QED) is 0.724. The molecule has 0 amide bonds. The predicted octanol–water partition coefficient (Wildman–Crippen LogP) is 3.15. The molecule has 1 atom stereocenters. The standard InChI is InChI=1S/C18H18Cl2N6O/c1-10-7-12(19)3-4-13(10)11(2)26-15-5-6-25(9-14(15)22-24-26)16-8-21-23-18(27)17(16)20/h3-4,7-8,11H,5-6,9H2,1-2H3,(H,23,27)/t11-/m0/s1. The summed E-state index contributed by atoms with van der Waals surface area (Å²) in [5.74, 6) is 0. The summed E-state index contributed by atoms with van der Waals surface area (Å²) in [5.41, 5.74) is 4.49. The van der Waals surface area contributed by atoms with E-state index in [1.54, 1.807) is 6.20 Å². The molecule has 0 bridgehead atoms. The van der Waals surface area contributed by atoms with Crippen molar-refractivity contribution < 1.29 is 0 Å².